The van der Waals surface area contributed by atoms with Gasteiger partial charge in [0.2, 0.25) is 0 Å². The fraction of sp³-hybridized carbons (Fsp3) is 0.500. The molecule has 0 radical (unpaired) electrons. The lowest BCUT2D eigenvalue weighted by Gasteiger charge is -2.29. The number of pyridine rings is 1. The van der Waals surface area contributed by atoms with Gasteiger partial charge in [0.25, 0.3) is 0 Å². The number of aryl methyl sites for hydroxylation is 1. The van der Waals surface area contributed by atoms with Crippen molar-refractivity contribution >= 4 is 5.69 Å². The van der Waals surface area contributed by atoms with Crippen molar-refractivity contribution in [1.29, 1.82) is 0 Å². The third-order valence-electron chi connectivity index (χ3n) is 2.35. The van der Waals surface area contributed by atoms with Crippen molar-refractivity contribution in [3.05, 3.63) is 24.0 Å². The highest BCUT2D eigenvalue weighted by Crippen LogP contribution is 2.13. The molecule has 1 aliphatic rings. The number of nitrogens with one attached hydrogen (secondary N) is 1. The average Bonchev–Trinajstić information content (AvgIpc) is 2.20. The maximum atomic E-state index is 4.28. The smallest absolute Gasteiger partial charge is 0.0682 e. The quantitative estimate of drug-likeness (QED) is 0.697. The highest BCUT2D eigenvalue weighted by Gasteiger charge is 2.09. The van der Waals surface area contributed by atoms with Crippen LogP contribution in [0.2, 0.25) is 0 Å². The van der Waals surface area contributed by atoms with Crippen LogP contribution in [0.3, 0.4) is 0 Å². The van der Waals surface area contributed by atoms with E-state index in [2.05, 4.69) is 27.3 Å². The first-order valence-corrected chi connectivity index (χ1v) is 4.74. The highest BCUT2D eigenvalue weighted by atomic mass is 15.2. The summed E-state index contributed by atoms with van der Waals surface area (Å²) in [4.78, 5) is 6.60. The van der Waals surface area contributed by atoms with Crippen molar-refractivity contribution in [3.63, 3.8) is 0 Å². The minimum Gasteiger partial charge on any atom is -0.357 e. The molecule has 1 fully saturated rings. The maximum absolute atomic E-state index is 4.28. The number of hydrogen-bond acceptors (Lipinski definition) is 3. The normalized spacial score (nSPS) is 17.5. The molecule has 0 aliphatic carbocycles. The van der Waals surface area contributed by atoms with Gasteiger partial charge in [-0.05, 0) is 32.0 Å². The minimum atomic E-state index is 0.949. The Labute approximate surface area is 78.8 Å². The van der Waals surface area contributed by atoms with Gasteiger partial charge in [0.1, 0.15) is 0 Å². The molecule has 13 heavy (non-hydrogen) atoms. The van der Waals surface area contributed by atoms with Crippen molar-refractivity contribution in [2.75, 3.05) is 24.7 Å². The molecule has 1 N–H and O–H groups in total. The lowest BCUT2D eigenvalue weighted by molar-refractivity contribution is 0.552. The van der Waals surface area contributed by atoms with E-state index in [9.17, 15) is 0 Å². The molecule has 0 bridgehead atoms. The molecule has 1 aromatic heterocycles. The third kappa shape index (κ3) is 1.98. The summed E-state index contributed by atoms with van der Waals surface area (Å²) in [6.45, 7) is 5.23. The molecule has 0 atom stereocenters. The van der Waals surface area contributed by atoms with E-state index in [0.29, 0.717) is 0 Å². The topological polar surface area (TPSA) is 28.2 Å². The van der Waals surface area contributed by atoms with Crippen LogP contribution in [0.1, 0.15) is 12.1 Å². The van der Waals surface area contributed by atoms with Crippen LogP contribution in [0.5, 0.6) is 0 Å². The highest BCUT2D eigenvalue weighted by molar-refractivity contribution is 5.44. The van der Waals surface area contributed by atoms with Crippen molar-refractivity contribution in [2.24, 2.45) is 0 Å². The SMILES string of the molecule is Cc1ccc(N2CCCNC2)cn1. The first-order chi connectivity index (χ1) is 6.36. The Morgan fingerprint density at radius 2 is 2.38 bits per heavy atom. The molecular weight excluding hydrogens is 162 g/mol. The van der Waals surface area contributed by atoms with Crippen molar-refractivity contribution in [2.45, 2.75) is 13.3 Å². The number of aromatic nitrogens is 1. The number of rotatable bonds is 1. The van der Waals surface area contributed by atoms with Crippen molar-refractivity contribution in [1.82, 2.24) is 10.3 Å². The number of anilines is 1. The van der Waals surface area contributed by atoms with Gasteiger partial charge in [0, 0.05) is 12.2 Å². The molecule has 3 heteroatoms. The third-order valence-corrected chi connectivity index (χ3v) is 2.35. The number of hydrogen-bond donors (Lipinski definition) is 1. The van der Waals surface area contributed by atoms with E-state index in [1.165, 1.54) is 12.1 Å². The molecule has 2 heterocycles. The summed E-state index contributed by atoms with van der Waals surface area (Å²) in [5.74, 6) is 0. The van der Waals surface area contributed by atoms with Gasteiger partial charge in [0.05, 0.1) is 18.6 Å². The van der Waals surface area contributed by atoms with E-state index >= 15 is 0 Å². The molecule has 1 aliphatic heterocycles. The van der Waals surface area contributed by atoms with Gasteiger partial charge in [-0.1, -0.05) is 0 Å². The summed E-state index contributed by atoms with van der Waals surface area (Å²) < 4.78 is 0. The van der Waals surface area contributed by atoms with E-state index in [4.69, 9.17) is 0 Å². The second-order valence-corrected chi connectivity index (χ2v) is 3.43. The Balaban J connectivity index is 2.10. The van der Waals surface area contributed by atoms with Gasteiger partial charge in [-0.25, -0.2) is 0 Å². The van der Waals surface area contributed by atoms with Crippen LogP contribution in [0.15, 0.2) is 18.3 Å². The summed E-state index contributed by atoms with van der Waals surface area (Å²) in [6, 6.07) is 4.19. The molecule has 1 saturated heterocycles. The van der Waals surface area contributed by atoms with Crippen LogP contribution in [-0.2, 0) is 0 Å². The Hall–Kier alpha value is -1.09. The summed E-state index contributed by atoms with van der Waals surface area (Å²) >= 11 is 0. The standard InChI is InChI=1S/C10H15N3/c1-9-3-4-10(7-12-9)13-6-2-5-11-8-13/h3-4,7,11H,2,5-6,8H2,1H3. The van der Waals surface area contributed by atoms with Crippen molar-refractivity contribution < 1.29 is 0 Å². The molecule has 2 rings (SSSR count). The second kappa shape index (κ2) is 3.75. The van der Waals surface area contributed by atoms with Gasteiger partial charge in [-0.3, -0.25) is 10.3 Å². The molecule has 0 saturated carbocycles. The van der Waals surface area contributed by atoms with Crippen LogP contribution in [0, 0.1) is 6.92 Å². The molecular formula is C10H15N3. The molecule has 0 unspecified atom stereocenters. The summed E-state index contributed by atoms with van der Waals surface area (Å²) in [6.07, 6.45) is 3.16. The summed E-state index contributed by atoms with van der Waals surface area (Å²) in [5, 5.41) is 3.35. The van der Waals surface area contributed by atoms with Crippen molar-refractivity contribution in [3.8, 4) is 0 Å². The largest absolute Gasteiger partial charge is 0.357 e. The van der Waals surface area contributed by atoms with Gasteiger partial charge < -0.3 is 4.90 Å². The zero-order valence-electron chi connectivity index (χ0n) is 7.95. The minimum absolute atomic E-state index is 0.949. The Bertz CT molecular complexity index is 262. The van der Waals surface area contributed by atoms with Gasteiger partial charge in [-0.2, -0.15) is 0 Å². The fourth-order valence-electron chi connectivity index (χ4n) is 1.56. The monoisotopic (exact) mass is 177 g/mol. The van der Waals surface area contributed by atoms with E-state index in [1.807, 2.05) is 13.1 Å². The van der Waals surface area contributed by atoms with Gasteiger partial charge in [0.15, 0.2) is 0 Å². The van der Waals surface area contributed by atoms with Crippen LogP contribution >= 0.6 is 0 Å². The molecule has 3 nitrogen and oxygen atoms in total. The van der Waals surface area contributed by atoms with Gasteiger partial charge >= 0.3 is 0 Å². The van der Waals surface area contributed by atoms with Crippen LogP contribution in [0.25, 0.3) is 0 Å². The van der Waals surface area contributed by atoms with Crippen LogP contribution in [0.4, 0.5) is 5.69 Å². The molecule has 70 valence electrons. The zero-order valence-corrected chi connectivity index (χ0v) is 7.95. The Morgan fingerprint density at radius 3 is 3.00 bits per heavy atom. The number of nitrogens with zero attached hydrogens (tertiary/aromatic N) is 2. The summed E-state index contributed by atoms with van der Waals surface area (Å²) in [7, 11) is 0. The van der Waals surface area contributed by atoms with E-state index in [1.54, 1.807) is 0 Å². The molecule has 0 spiro atoms. The second-order valence-electron chi connectivity index (χ2n) is 3.43. The van der Waals surface area contributed by atoms with E-state index in [0.717, 1.165) is 25.5 Å². The molecule has 0 aromatic carbocycles. The van der Waals surface area contributed by atoms with Crippen LogP contribution < -0.4 is 10.2 Å². The van der Waals surface area contributed by atoms with E-state index < -0.39 is 0 Å². The predicted molar refractivity (Wildman–Crippen MR) is 53.8 cm³/mol. The maximum Gasteiger partial charge on any atom is 0.0682 e. The van der Waals surface area contributed by atoms with Gasteiger partial charge in [-0.15, -0.1) is 0 Å². The molecule has 0 amide bonds. The van der Waals surface area contributed by atoms with Crippen LogP contribution in [-0.4, -0.2) is 24.7 Å². The average molecular weight is 177 g/mol. The predicted octanol–water partition coefficient (Wildman–Crippen LogP) is 1.15. The Morgan fingerprint density at radius 1 is 1.46 bits per heavy atom. The summed E-state index contributed by atoms with van der Waals surface area (Å²) in [5.41, 5.74) is 2.30. The Kier molecular flexibility index (Phi) is 2.45. The lowest BCUT2D eigenvalue weighted by Crippen LogP contribution is -2.41. The zero-order chi connectivity index (χ0) is 9.10. The molecule has 1 aromatic rings. The first kappa shape index (κ1) is 8.51. The fourth-order valence-corrected chi connectivity index (χ4v) is 1.56. The lowest BCUT2D eigenvalue weighted by atomic mass is 10.3. The first-order valence-electron chi connectivity index (χ1n) is 4.74. The van der Waals surface area contributed by atoms with E-state index in [-0.39, 0.29) is 0 Å².